The van der Waals surface area contributed by atoms with Gasteiger partial charge >= 0.3 is 0 Å². The molecule has 3 rings (SSSR count). The number of hydrogen-bond acceptors (Lipinski definition) is 6. The molecule has 106 valence electrons. The molecule has 6 heteroatoms. The van der Waals surface area contributed by atoms with Gasteiger partial charge in [-0.25, -0.2) is 0 Å². The Balaban J connectivity index is 1.72. The molecule has 2 heterocycles. The van der Waals surface area contributed by atoms with Gasteiger partial charge in [-0.2, -0.15) is 4.98 Å². The highest BCUT2D eigenvalue weighted by Gasteiger charge is 2.27. The van der Waals surface area contributed by atoms with Gasteiger partial charge in [0, 0.05) is 12.5 Å². The SMILES string of the molecule is CCC(N)Cc1noc(C2COc3ccccc3O2)n1. The standard InChI is InChI=1S/C14H17N3O3/c1-2-9(15)7-13-16-14(20-17-13)12-8-18-10-5-3-4-6-11(10)19-12/h3-6,9,12H,2,7-8,15H2,1H3. The van der Waals surface area contributed by atoms with E-state index in [-0.39, 0.29) is 12.1 Å². The predicted molar refractivity (Wildman–Crippen MR) is 71.6 cm³/mol. The molecule has 2 atom stereocenters. The maximum Gasteiger partial charge on any atom is 0.271 e. The molecule has 2 aromatic rings. The summed E-state index contributed by atoms with van der Waals surface area (Å²) in [6.45, 7) is 2.39. The molecule has 0 radical (unpaired) electrons. The first kappa shape index (κ1) is 12.9. The Morgan fingerprint density at radius 1 is 1.35 bits per heavy atom. The third kappa shape index (κ3) is 2.60. The molecule has 0 saturated carbocycles. The molecular formula is C14H17N3O3. The van der Waals surface area contributed by atoms with E-state index in [4.69, 9.17) is 19.7 Å². The first-order chi connectivity index (χ1) is 9.76. The second-order valence-electron chi connectivity index (χ2n) is 4.79. The Bertz CT molecular complexity index is 585. The number of benzene rings is 1. The summed E-state index contributed by atoms with van der Waals surface area (Å²) >= 11 is 0. The summed E-state index contributed by atoms with van der Waals surface area (Å²) in [4.78, 5) is 4.33. The topological polar surface area (TPSA) is 83.4 Å². The number of hydrogen-bond donors (Lipinski definition) is 1. The lowest BCUT2D eigenvalue weighted by Gasteiger charge is -2.23. The van der Waals surface area contributed by atoms with E-state index in [9.17, 15) is 0 Å². The van der Waals surface area contributed by atoms with Crippen molar-refractivity contribution in [1.82, 2.24) is 10.1 Å². The van der Waals surface area contributed by atoms with Gasteiger partial charge in [0.25, 0.3) is 5.89 Å². The van der Waals surface area contributed by atoms with E-state index < -0.39 is 0 Å². The van der Waals surface area contributed by atoms with Crippen molar-refractivity contribution in [3.05, 3.63) is 36.0 Å². The van der Waals surface area contributed by atoms with Crippen LogP contribution >= 0.6 is 0 Å². The third-order valence-corrected chi connectivity index (χ3v) is 3.24. The summed E-state index contributed by atoms with van der Waals surface area (Å²) in [5.74, 6) is 2.46. The van der Waals surface area contributed by atoms with Gasteiger partial charge in [-0.15, -0.1) is 0 Å². The largest absolute Gasteiger partial charge is 0.485 e. The van der Waals surface area contributed by atoms with Crippen LogP contribution in [0.5, 0.6) is 11.5 Å². The summed E-state index contributed by atoms with van der Waals surface area (Å²) in [7, 11) is 0. The van der Waals surface area contributed by atoms with Crippen molar-refractivity contribution in [3.8, 4) is 11.5 Å². The number of para-hydroxylation sites is 2. The van der Waals surface area contributed by atoms with Gasteiger partial charge in [0.1, 0.15) is 6.61 Å². The van der Waals surface area contributed by atoms with Crippen molar-refractivity contribution in [2.75, 3.05) is 6.61 Å². The highest BCUT2D eigenvalue weighted by molar-refractivity contribution is 5.40. The number of fused-ring (bicyclic) bond motifs is 1. The van der Waals surface area contributed by atoms with Crippen LogP contribution in [0.2, 0.25) is 0 Å². The predicted octanol–water partition coefficient (Wildman–Crippen LogP) is 1.86. The van der Waals surface area contributed by atoms with Gasteiger partial charge in [0.2, 0.25) is 6.10 Å². The van der Waals surface area contributed by atoms with Crippen LogP contribution in [0.1, 0.15) is 31.2 Å². The van der Waals surface area contributed by atoms with E-state index in [0.29, 0.717) is 30.5 Å². The molecular weight excluding hydrogens is 258 g/mol. The zero-order valence-electron chi connectivity index (χ0n) is 11.3. The Labute approximate surface area is 116 Å². The minimum Gasteiger partial charge on any atom is -0.485 e. The number of nitrogens with zero attached hydrogens (tertiary/aromatic N) is 2. The van der Waals surface area contributed by atoms with Crippen LogP contribution in [0.4, 0.5) is 0 Å². The summed E-state index contributed by atoms with van der Waals surface area (Å²) in [5, 5.41) is 3.93. The molecule has 1 aliphatic rings. The van der Waals surface area contributed by atoms with Crippen LogP contribution in [-0.2, 0) is 6.42 Å². The smallest absolute Gasteiger partial charge is 0.271 e. The molecule has 0 bridgehead atoms. The second kappa shape index (κ2) is 5.50. The summed E-state index contributed by atoms with van der Waals surface area (Å²) in [5.41, 5.74) is 5.88. The normalized spacial score (nSPS) is 18.8. The average Bonchev–Trinajstić information content (AvgIpc) is 2.95. The third-order valence-electron chi connectivity index (χ3n) is 3.24. The highest BCUT2D eigenvalue weighted by atomic mass is 16.6. The molecule has 0 spiro atoms. The van der Waals surface area contributed by atoms with Crippen LogP contribution in [0.25, 0.3) is 0 Å². The van der Waals surface area contributed by atoms with Crippen molar-refractivity contribution in [2.24, 2.45) is 5.73 Å². The Hall–Kier alpha value is -2.08. The lowest BCUT2D eigenvalue weighted by molar-refractivity contribution is 0.0665. The monoisotopic (exact) mass is 275 g/mol. The average molecular weight is 275 g/mol. The minimum absolute atomic E-state index is 0.0460. The maximum absolute atomic E-state index is 5.88. The summed E-state index contributed by atoms with van der Waals surface area (Å²) in [6, 6.07) is 7.56. The van der Waals surface area contributed by atoms with Crippen LogP contribution in [0.3, 0.4) is 0 Å². The van der Waals surface area contributed by atoms with Crippen LogP contribution in [-0.4, -0.2) is 22.8 Å². The lowest BCUT2D eigenvalue weighted by Crippen LogP contribution is -2.23. The van der Waals surface area contributed by atoms with Crippen molar-refractivity contribution in [1.29, 1.82) is 0 Å². The van der Waals surface area contributed by atoms with E-state index in [0.717, 1.165) is 12.2 Å². The van der Waals surface area contributed by atoms with E-state index in [1.807, 2.05) is 31.2 Å². The molecule has 0 saturated heterocycles. The van der Waals surface area contributed by atoms with Gasteiger partial charge < -0.3 is 19.7 Å². The zero-order valence-corrected chi connectivity index (χ0v) is 11.3. The van der Waals surface area contributed by atoms with Crippen molar-refractivity contribution >= 4 is 0 Å². The Morgan fingerprint density at radius 2 is 2.15 bits per heavy atom. The van der Waals surface area contributed by atoms with Crippen LogP contribution < -0.4 is 15.2 Å². The number of nitrogens with two attached hydrogens (primary N) is 1. The molecule has 0 fully saturated rings. The van der Waals surface area contributed by atoms with Gasteiger partial charge in [-0.05, 0) is 18.6 Å². The summed E-state index contributed by atoms with van der Waals surface area (Å²) in [6.07, 6.45) is 1.11. The number of ether oxygens (including phenoxy) is 2. The van der Waals surface area contributed by atoms with Crippen molar-refractivity contribution in [3.63, 3.8) is 0 Å². The zero-order chi connectivity index (χ0) is 13.9. The summed E-state index contributed by atoms with van der Waals surface area (Å²) < 4.78 is 16.7. The maximum atomic E-state index is 5.88. The van der Waals surface area contributed by atoms with Crippen LogP contribution in [0.15, 0.2) is 28.8 Å². The highest BCUT2D eigenvalue weighted by Crippen LogP contribution is 2.35. The van der Waals surface area contributed by atoms with Crippen molar-refractivity contribution < 1.29 is 14.0 Å². The fourth-order valence-corrected chi connectivity index (χ4v) is 2.00. The first-order valence-corrected chi connectivity index (χ1v) is 6.72. The Morgan fingerprint density at radius 3 is 2.95 bits per heavy atom. The van der Waals surface area contributed by atoms with E-state index in [1.165, 1.54) is 0 Å². The number of rotatable bonds is 4. The van der Waals surface area contributed by atoms with Gasteiger partial charge in [-0.3, -0.25) is 0 Å². The molecule has 2 N–H and O–H groups in total. The van der Waals surface area contributed by atoms with Gasteiger partial charge in [0.05, 0.1) is 0 Å². The Kier molecular flexibility index (Phi) is 3.56. The van der Waals surface area contributed by atoms with E-state index >= 15 is 0 Å². The van der Waals surface area contributed by atoms with E-state index in [2.05, 4.69) is 10.1 Å². The van der Waals surface area contributed by atoms with Gasteiger partial charge in [0.15, 0.2) is 17.3 Å². The minimum atomic E-state index is -0.371. The number of aromatic nitrogens is 2. The lowest BCUT2D eigenvalue weighted by atomic mass is 10.2. The molecule has 1 aromatic carbocycles. The molecule has 2 unspecified atom stereocenters. The fraction of sp³-hybridized carbons (Fsp3) is 0.429. The molecule has 1 aliphatic heterocycles. The molecule has 1 aromatic heterocycles. The van der Waals surface area contributed by atoms with Crippen molar-refractivity contribution in [2.45, 2.75) is 31.9 Å². The quantitative estimate of drug-likeness (QED) is 0.917. The van der Waals surface area contributed by atoms with Crippen LogP contribution in [0, 0.1) is 0 Å². The molecule has 0 amide bonds. The molecule has 0 aliphatic carbocycles. The molecule has 6 nitrogen and oxygen atoms in total. The second-order valence-corrected chi connectivity index (χ2v) is 4.79. The van der Waals surface area contributed by atoms with Gasteiger partial charge in [-0.1, -0.05) is 24.2 Å². The van der Waals surface area contributed by atoms with E-state index in [1.54, 1.807) is 0 Å². The molecule has 20 heavy (non-hydrogen) atoms. The first-order valence-electron chi connectivity index (χ1n) is 6.72. The fourth-order valence-electron chi connectivity index (χ4n) is 2.00.